The molecule has 0 radical (unpaired) electrons. The van der Waals surface area contributed by atoms with Crippen molar-refractivity contribution >= 4 is 0 Å². The van der Waals surface area contributed by atoms with Crippen LogP contribution in [0.1, 0.15) is 5.56 Å². The van der Waals surface area contributed by atoms with Crippen LogP contribution in [-0.4, -0.2) is 6.54 Å². The smallest absolute Gasteiger partial charge is 0.198 e. The van der Waals surface area contributed by atoms with Crippen LogP contribution in [0.3, 0.4) is 0 Å². The summed E-state index contributed by atoms with van der Waals surface area (Å²) >= 11 is 0. The van der Waals surface area contributed by atoms with Crippen LogP contribution in [0.5, 0.6) is 11.5 Å². The van der Waals surface area contributed by atoms with E-state index in [1.165, 1.54) is 0 Å². The molecule has 0 spiro atoms. The van der Waals surface area contributed by atoms with Gasteiger partial charge in [0.2, 0.25) is 0 Å². The van der Waals surface area contributed by atoms with Crippen LogP contribution in [0.2, 0.25) is 0 Å². The molecule has 0 aliphatic heterocycles. The second kappa shape index (κ2) is 5.92. The first-order chi connectivity index (χ1) is 9.49. The Kier molecular flexibility index (Phi) is 4.24. The lowest BCUT2D eigenvalue weighted by molar-refractivity contribution is 0.401. The highest BCUT2D eigenvalue weighted by molar-refractivity contribution is 5.36. The second-order valence-electron chi connectivity index (χ2n) is 4.13. The average Bonchev–Trinajstić information content (AvgIpc) is 2.33. The number of rotatable bonds is 4. The molecule has 106 valence electrons. The molecule has 20 heavy (non-hydrogen) atoms. The van der Waals surface area contributed by atoms with Gasteiger partial charge in [0, 0.05) is 18.2 Å². The highest BCUT2D eigenvalue weighted by atomic mass is 19.1. The van der Waals surface area contributed by atoms with E-state index in [1.54, 1.807) is 0 Å². The van der Waals surface area contributed by atoms with Gasteiger partial charge >= 0.3 is 0 Å². The van der Waals surface area contributed by atoms with Crippen molar-refractivity contribution in [3.63, 3.8) is 0 Å². The molecule has 0 fully saturated rings. The summed E-state index contributed by atoms with van der Waals surface area (Å²) < 4.78 is 58.3. The fourth-order valence-corrected chi connectivity index (χ4v) is 1.73. The predicted molar refractivity (Wildman–Crippen MR) is 65.5 cm³/mol. The predicted octanol–water partition coefficient (Wildman–Crippen LogP) is 3.54. The van der Waals surface area contributed by atoms with Gasteiger partial charge in [-0.15, -0.1) is 0 Å². The Morgan fingerprint density at radius 1 is 0.850 bits per heavy atom. The molecule has 2 N–H and O–H groups in total. The first-order valence-corrected chi connectivity index (χ1v) is 5.81. The highest BCUT2D eigenvalue weighted by Crippen LogP contribution is 2.29. The molecule has 0 heterocycles. The summed E-state index contributed by atoms with van der Waals surface area (Å²) in [5.74, 6) is -4.76. The van der Waals surface area contributed by atoms with E-state index in [9.17, 15) is 17.6 Å². The maximum atomic E-state index is 13.7. The fourth-order valence-electron chi connectivity index (χ4n) is 1.73. The third-order valence-corrected chi connectivity index (χ3v) is 2.55. The lowest BCUT2D eigenvalue weighted by atomic mass is 10.1. The van der Waals surface area contributed by atoms with E-state index in [0.29, 0.717) is 18.1 Å². The van der Waals surface area contributed by atoms with E-state index < -0.39 is 29.0 Å². The minimum absolute atomic E-state index is 0.244. The van der Waals surface area contributed by atoms with Crippen LogP contribution in [0.15, 0.2) is 30.3 Å². The monoisotopic (exact) mass is 285 g/mol. The van der Waals surface area contributed by atoms with E-state index in [2.05, 4.69) is 0 Å². The second-order valence-corrected chi connectivity index (χ2v) is 4.13. The van der Waals surface area contributed by atoms with E-state index >= 15 is 0 Å². The molecule has 0 amide bonds. The summed E-state index contributed by atoms with van der Waals surface area (Å²) in [5, 5.41) is 0. The normalized spacial score (nSPS) is 10.7. The summed E-state index contributed by atoms with van der Waals surface area (Å²) in [7, 11) is 0. The van der Waals surface area contributed by atoms with Gasteiger partial charge in [0.25, 0.3) is 0 Å². The van der Waals surface area contributed by atoms with E-state index in [4.69, 9.17) is 10.5 Å². The van der Waals surface area contributed by atoms with Gasteiger partial charge in [0.05, 0.1) is 0 Å². The van der Waals surface area contributed by atoms with Crippen LogP contribution >= 0.6 is 0 Å². The van der Waals surface area contributed by atoms with Crippen LogP contribution in [0.4, 0.5) is 17.6 Å². The van der Waals surface area contributed by atoms with Gasteiger partial charge < -0.3 is 10.5 Å². The molecule has 0 aromatic heterocycles. The molecule has 2 nitrogen and oxygen atoms in total. The number of hydrogen-bond donors (Lipinski definition) is 1. The van der Waals surface area contributed by atoms with Crippen molar-refractivity contribution in [1.29, 1.82) is 0 Å². The molecule has 2 aromatic carbocycles. The Labute approximate surface area is 112 Å². The van der Waals surface area contributed by atoms with Gasteiger partial charge in [0.1, 0.15) is 17.4 Å². The zero-order valence-corrected chi connectivity index (χ0v) is 10.3. The Balaban J connectivity index is 2.33. The van der Waals surface area contributed by atoms with E-state index in [-0.39, 0.29) is 12.3 Å². The molecule has 2 aromatic rings. The lowest BCUT2D eigenvalue weighted by Crippen LogP contribution is -2.04. The Bertz CT molecular complexity index is 587. The average molecular weight is 285 g/mol. The van der Waals surface area contributed by atoms with Crippen molar-refractivity contribution in [2.45, 2.75) is 6.42 Å². The first kappa shape index (κ1) is 14.3. The van der Waals surface area contributed by atoms with Crippen molar-refractivity contribution in [2.24, 2.45) is 5.73 Å². The van der Waals surface area contributed by atoms with E-state index in [0.717, 1.165) is 24.3 Å². The van der Waals surface area contributed by atoms with Crippen molar-refractivity contribution in [2.75, 3.05) is 6.54 Å². The minimum atomic E-state index is -0.960. The maximum absolute atomic E-state index is 13.7. The van der Waals surface area contributed by atoms with Gasteiger partial charge in [0.15, 0.2) is 17.4 Å². The number of ether oxygens (including phenoxy) is 1. The standard InChI is InChI=1S/C14H11F4NO/c15-9-5-10(16)7-11(6-9)20-14-12(17)3-8(1-2-19)4-13(14)18/h3-7H,1-2,19H2. The van der Waals surface area contributed by atoms with Crippen LogP contribution < -0.4 is 10.5 Å². The lowest BCUT2D eigenvalue weighted by Gasteiger charge is -2.10. The third-order valence-electron chi connectivity index (χ3n) is 2.55. The van der Waals surface area contributed by atoms with Gasteiger partial charge in [-0.3, -0.25) is 0 Å². The highest BCUT2D eigenvalue weighted by Gasteiger charge is 2.14. The Hall–Kier alpha value is -2.08. The summed E-state index contributed by atoms with van der Waals surface area (Å²) in [6.45, 7) is 0.244. The molecule has 6 heteroatoms. The summed E-state index contributed by atoms with van der Waals surface area (Å²) in [6, 6.07) is 4.43. The molecule has 0 bridgehead atoms. The zero-order chi connectivity index (χ0) is 14.7. The molecule has 0 aliphatic carbocycles. The number of halogens is 4. The van der Waals surface area contributed by atoms with Gasteiger partial charge in [-0.2, -0.15) is 0 Å². The minimum Gasteiger partial charge on any atom is -0.451 e. The summed E-state index contributed by atoms with van der Waals surface area (Å²) in [6.07, 6.45) is 0.308. The quantitative estimate of drug-likeness (QED) is 0.872. The molecule has 2 rings (SSSR count). The Morgan fingerprint density at radius 3 is 1.90 bits per heavy atom. The van der Waals surface area contributed by atoms with Gasteiger partial charge in [-0.25, -0.2) is 17.6 Å². The van der Waals surface area contributed by atoms with Crippen LogP contribution in [-0.2, 0) is 6.42 Å². The SMILES string of the molecule is NCCc1cc(F)c(Oc2cc(F)cc(F)c2)c(F)c1. The summed E-state index contributed by atoms with van der Waals surface area (Å²) in [4.78, 5) is 0. The van der Waals surface area contributed by atoms with Crippen molar-refractivity contribution < 1.29 is 22.3 Å². The topological polar surface area (TPSA) is 35.2 Å². The first-order valence-electron chi connectivity index (χ1n) is 5.81. The third kappa shape index (κ3) is 3.27. The molecular weight excluding hydrogens is 274 g/mol. The molecule has 0 unspecified atom stereocenters. The van der Waals surface area contributed by atoms with Crippen LogP contribution in [0, 0.1) is 23.3 Å². The summed E-state index contributed by atoms with van der Waals surface area (Å²) in [5.41, 5.74) is 5.67. The molecule has 0 saturated carbocycles. The van der Waals surface area contributed by atoms with Gasteiger partial charge in [-0.1, -0.05) is 0 Å². The van der Waals surface area contributed by atoms with Crippen LogP contribution in [0.25, 0.3) is 0 Å². The zero-order valence-electron chi connectivity index (χ0n) is 10.3. The van der Waals surface area contributed by atoms with Crippen molar-refractivity contribution in [3.05, 3.63) is 59.2 Å². The fraction of sp³-hybridized carbons (Fsp3) is 0.143. The largest absolute Gasteiger partial charge is 0.451 e. The van der Waals surface area contributed by atoms with Gasteiger partial charge in [-0.05, 0) is 30.7 Å². The number of nitrogens with two attached hydrogens (primary N) is 1. The van der Waals surface area contributed by atoms with Crippen molar-refractivity contribution in [3.8, 4) is 11.5 Å². The molecule has 0 saturated heterocycles. The number of hydrogen-bond acceptors (Lipinski definition) is 2. The van der Waals surface area contributed by atoms with E-state index in [1.807, 2.05) is 0 Å². The Morgan fingerprint density at radius 2 is 1.40 bits per heavy atom. The maximum Gasteiger partial charge on any atom is 0.198 e. The molecule has 0 aliphatic rings. The molecular formula is C14H11F4NO. The molecule has 0 atom stereocenters. The van der Waals surface area contributed by atoms with Crippen molar-refractivity contribution in [1.82, 2.24) is 0 Å². The number of benzene rings is 2.